The molecule has 0 fully saturated rings. The quantitative estimate of drug-likeness (QED) is 0.596. The summed E-state index contributed by atoms with van der Waals surface area (Å²) in [5.74, 6) is -0.528. The Morgan fingerprint density at radius 1 is 0.824 bits per heavy atom. The molecule has 3 rings (SSSR count). The summed E-state index contributed by atoms with van der Waals surface area (Å²) in [5, 5.41) is 0.567. The Bertz CT molecular complexity index is 668. The molecule has 1 nitrogen and oxygen atoms in total. The van der Waals surface area contributed by atoms with Gasteiger partial charge >= 0.3 is 0 Å². The van der Waals surface area contributed by atoms with Crippen molar-refractivity contribution in [3.63, 3.8) is 0 Å². The van der Waals surface area contributed by atoms with Crippen molar-refractivity contribution in [2.45, 2.75) is 0 Å². The molecule has 0 N–H and O–H groups in total. The van der Waals surface area contributed by atoms with Crippen LogP contribution >= 0.6 is 0 Å². The highest BCUT2D eigenvalue weighted by atomic mass is 19.1. The molecule has 0 saturated carbocycles. The van der Waals surface area contributed by atoms with Crippen LogP contribution in [0.1, 0.15) is 0 Å². The first-order valence-corrected chi connectivity index (χ1v) is 5.27. The van der Waals surface area contributed by atoms with Crippen molar-refractivity contribution in [1.29, 1.82) is 0 Å². The van der Waals surface area contributed by atoms with Gasteiger partial charge in [-0.3, -0.25) is 0 Å². The highest BCUT2D eigenvalue weighted by Gasteiger charge is 2.06. The van der Waals surface area contributed by atoms with Crippen LogP contribution in [0.3, 0.4) is 0 Å². The molecular formula is C14H9F2N. The van der Waals surface area contributed by atoms with Crippen LogP contribution in [0.2, 0.25) is 0 Å². The van der Waals surface area contributed by atoms with Crippen LogP contribution in [0, 0.1) is 11.6 Å². The molecule has 0 aliphatic heterocycles. The monoisotopic (exact) mass is 229 g/mol. The fourth-order valence-corrected chi connectivity index (χ4v) is 1.96. The minimum atomic E-state index is -0.281. The number of nitrogens with zero attached hydrogens (tertiary/aromatic N) is 1. The van der Waals surface area contributed by atoms with Gasteiger partial charge in [-0.15, -0.1) is 0 Å². The van der Waals surface area contributed by atoms with Gasteiger partial charge in [0, 0.05) is 17.3 Å². The minimum Gasteiger partial charge on any atom is -0.316 e. The van der Waals surface area contributed by atoms with E-state index in [1.54, 1.807) is 30.5 Å². The van der Waals surface area contributed by atoms with E-state index in [4.69, 9.17) is 0 Å². The lowest BCUT2D eigenvalue weighted by Crippen LogP contribution is -1.91. The Hall–Kier alpha value is -2.16. The summed E-state index contributed by atoms with van der Waals surface area (Å²) in [4.78, 5) is 0. The van der Waals surface area contributed by atoms with E-state index in [0.717, 1.165) is 11.2 Å². The van der Waals surface area contributed by atoms with Gasteiger partial charge in [0.1, 0.15) is 11.6 Å². The third-order valence-electron chi connectivity index (χ3n) is 2.78. The van der Waals surface area contributed by atoms with Crippen molar-refractivity contribution in [2.75, 3.05) is 0 Å². The molecular weight excluding hydrogens is 220 g/mol. The first kappa shape index (κ1) is 10.0. The van der Waals surface area contributed by atoms with Gasteiger partial charge < -0.3 is 4.57 Å². The van der Waals surface area contributed by atoms with Crippen molar-refractivity contribution in [3.8, 4) is 5.69 Å². The normalized spacial score (nSPS) is 10.9. The van der Waals surface area contributed by atoms with Crippen LogP contribution in [-0.4, -0.2) is 4.57 Å². The lowest BCUT2D eigenvalue weighted by molar-refractivity contribution is 0.627. The van der Waals surface area contributed by atoms with E-state index in [0.29, 0.717) is 5.39 Å². The molecule has 2 aromatic carbocycles. The first-order valence-electron chi connectivity index (χ1n) is 5.27. The van der Waals surface area contributed by atoms with Gasteiger partial charge in [-0.25, -0.2) is 8.78 Å². The molecule has 0 unspecified atom stereocenters. The molecule has 0 saturated heterocycles. The lowest BCUT2D eigenvalue weighted by Gasteiger charge is -2.05. The molecule has 3 heteroatoms. The summed E-state index contributed by atoms with van der Waals surface area (Å²) in [6, 6.07) is 12.8. The summed E-state index contributed by atoms with van der Waals surface area (Å²) in [7, 11) is 0. The van der Waals surface area contributed by atoms with Crippen LogP contribution in [-0.2, 0) is 0 Å². The topological polar surface area (TPSA) is 4.93 Å². The number of hydrogen-bond acceptors (Lipinski definition) is 0. The second-order valence-electron chi connectivity index (χ2n) is 3.83. The van der Waals surface area contributed by atoms with E-state index >= 15 is 0 Å². The van der Waals surface area contributed by atoms with Crippen molar-refractivity contribution >= 4 is 10.9 Å². The van der Waals surface area contributed by atoms with Crippen LogP contribution in [0.4, 0.5) is 8.78 Å². The predicted octanol–water partition coefficient (Wildman–Crippen LogP) is 3.91. The van der Waals surface area contributed by atoms with E-state index in [1.165, 1.54) is 18.2 Å². The summed E-state index contributed by atoms with van der Waals surface area (Å²) in [6.07, 6.45) is 1.78. The highest BCUT2D eigenvalue weighted by Crippen LogP contribution is 2.22. The molecule has 0 amide bonds. The Labute approximate surface area is 96.9 Å². The molecule has 0 aliphatic carbocycles. The van der Waals surface area contributed by atoms with Gasteiger partial charge in [0.15, 0.2) is 0 Å². The van der Waals surface area contributed by atoms with Gasteiger partial charge in [-0.2, -0.15) is 0 Å². The van der Waals surface area contributed by atoms with Crippen LogP contribution < -0.4 is 0 Å². The smallest absolute Gasteiger partial charge is 0.132 e. The molecule has 0 atom stereocenters. The van der Waals surface area contributed by atoms with Crippen molar-refractivity contribution < 1.29 is 8.78 Å². The zero-order valence-electron chi connectivity index (χ0n) is 8.90. The largest absolute Gasteiger partial charge is 0.316 e. The molecule has 0 aliphatic rings. The van der Waals surface area contributed by atoms with E-state index in [1.807, 2.05) is 10.6 Å². The zero-order valence-corrected chi connectivity index (χ0v) is 8.90. The van der Waals surface area contributed by atoms with Gasteiger partial charge in [-0.1, -0.05) is 6.07 Å². The number of benzene rings is 2. The maximum atomic E-state index is 13.5. The Balaban J connectivity index is 2.24. The fourth-order valence-electron chi connectivity index (χ4n) is 1.96. The second-order valence-corrected chi connectivity index (χ2v) is 3.83. The summed E-state index contributed by atoms with van der Waals surface area (Å²) in [6.45, 7) is 0. The van der Waals surface area contributed by atoms with E-state index in [2.05, 4.69) is 0 Å². The molecule has 1 heterocycles. The van der Waals surface area contributed by atoms with Crippen LogP contribution in [0.5, 0.6) is 0 Å². The van der Waals surface area contributed by atoms with Crippen molar-refractivity contribution in [2.24, 2.45) is 0 Å². The standard InChI is InChI=1S/C14H9F2N/c15-10-4-6-11(7-5-10)17-9-8-12-13(16)2-1-3-14(12)17/h1-9H. The van der Waals surface area contributed by atoms with Gasteiger partial charge in [0.25, 0.3) is 0 Å². The van der Waals surface area contributed by atoms with Gasteiger partial charge in [-0.05, 0) is 42.5 Å². The van der Waals surface area contributed by atoms with E-state index in [9.17, 15) is 8.78 Å². The maximum absolute atomic E-state index is 13.5. The third kappa shape index (κ3) is 1.60. The molecule has 1 aromatic heterocycles. The molecule has 0 bridgehead atoms. The maximum Gasteiger partial charge on any atom is 0.132 e. The van der Waals surface area contributed by atoms with Gasteiger partial charge in [0.2, 0.25) is 0 Å². The van der Waals surface area contributed by atoms with Crippen LogP contribution in [0.25, 0.3) is 16.6 Å². The molecule has 17 heavy (non-hydrogen) atoms. The Morgan fingerprint density at radius 3 is 2.35 bits per heavy atom. The summed E-state index contributed by atoms with van der Waals surface area (Å²) in [5.41, 5.74) is 1.59. The fraction of sp³-hybridized carbons (Fsp3) is 0. The van der Waals surface area contributed by atoms with Gasteiger partial charge in [0.05, 0.1) is 5.52 Å². The SMILES string of the molecule is Fc1ccc(-n2ccc3c(F)cccc32)cc1. The van der Waals surface area contributed by atoms with E-state index in [-0.39, 0.29) is 11.6 Å². The molecule has 0 radical (unpaired) electrons. The van der Waals surface area contributed by atoms with Crippen molar-refractivity contribution in [3.05, 3.63) is 66.4 Å². The average molecular weight is 229 g/mol. The molecule has 3 aromatic rings. The second kappa shape index (κ2) is 3.70. The molecule has 84 valence electrons. The van der Waals surface area contributed by atoms with Crippen molar-refractivity contribution in [1.82, 2.24) is 4.57 Å². The number of rotatable bonds is 1. The number of hydrogen-bond donors (Lipinski definition) is 0. The minimum absolute atomic E-state index is 0.247. The Morgan fingerprint density at radius 2 is 1.59 bits per heavy atom. The Kier molecular flexibility index (Phi) is 2.18. The zero-order chi connectivity index (χ0) is 11.8. The van der Waals surface area contributed by atoms with E-state index < -0.39 is 0 Å². The first-order chi connectivity index (χ1) is 8.25. The predicted molar refractivity (Wildman–Crippen MR) is 63.2 cm³/mol. The average Bonchev–Trinajstić information content (AvgIpc) is 2.75. The number of fused-ring (bicyclic) bond motifs is 1. The molecule has 0 spiro atoms. The number of aromatic nitrogens is 1. The number of halogens is 2. The third-order valence-corrected chi connectivity index (χ3v) is 2.78. The highest BCUT2D eigenvalue weighted by molar-refractivity contribution is 5.82. The lowest BCUT2D eigenvalue weighted by atomic mass is 10.2. The summed E-state index contributed by atoms with van der Waals surface area (Å²) < 4.78 is 28.2. The summed E-state index contributed by atoms with van der Waals surface area (Å²) >= 11 is 0. The van der Waals surface area contributed by atoms with Crippen LogP contribution in [0.15, 0.2) is 54.7 Å².